The molecule has 0 N–H and O–H groups in total. The first kappa shape index (κ1) is 37.1. The number of fused-ring (bicyclic) bond motifs is 16. The van der Waals surface area contributed by atoms with Crippen molar-refractivity contribution in [3.05, 3.63) is 195 Å². The Bertz CT molecular complexity index is 3350. The van der Waals surface area contributed by atoms with E-state index in [-0.39, 0.29) is 21.7 Å². The molecule has 0 bridgehead atoms. The molecule has 0 aromatic heterocycles. The lowest BCUT2D eigenvalue weighted by molar-refractivity contribution is 0.652. The predicted molar refractivity (Wildman–Crippen MR) is 267 cm³/mol. The summed E-state index contributed by atoms with van der Waals surface area (Å²) in [5.41, 5.74) is 30.7. The molecule has 0 atom stereocenters. The summed E-state index contributed by atoms with van der Waals surface area (Å²) in [5, 5.41) is 2.60. The van der Waals surface area contributed by atoms with Crippen LogP contribution < -0.4 is 4.90 Å². The van der Waals surface area contributed by atoms with Gasteiger partial charge in [0.2, 0.25) is 0 Å². The van der Waals surface area contributed by atoms with Gasteiger partial charge in [-0.25, -0.2) is 0 Å². The lowest BCUT2D eigenvalue weighted by Crippen LogP contribution is -2.20. The quantitative estimate of drug-likeness (QED) is 0.160. The first-order valence-corrected chi connectivity index (χ1v) is 23.0. The van der Waals surface area contributed by atoms with Gasteiger partial charge in [-0.3, -0.25) is 0 Å². The Kier molecular flexibility index (Phi) is 6.94. The number of nitrogens with zero attached hydrogens (tertiary/aromatic N) is 1. The molecule has 5 aliphatic rings. The molecule has 63 heavy (non-hydrogen) atoms. The number of allylic oxidation sites excluding steroid dienone is 2. The lowest BCUT2D eigenvalue weighted by atomic mass is 9.79. The Morgan fingerprint density at radius 3 is 1.13 bits per heavy atom. The average Bonchev–Trinajstić information content (AvgIpc) is 3.82. The molecule has 0 saturated carbocycles. The van der Waals surface area contributed by atoms with Crippen molar-refractivity contribution in [2.45, 2.75) is 90.9 Å². The molecule has 1 heteroatoms. The van der Waals surface area contributed by atoms with Crippen LogP contribution >= 0.6 is 0 Å². The molecule has 4 aliphatic carbocycles. The topological polar surface area (TPSA) is 3.24 Å². The van der Waals surface area contributed by atoms with Crippen LogP contribution in [0.25, 0.3) is 66.4 Å². The number of rotatable bonds is 1. The highest BCUT2D eigenvalue weighted by atomic mass is 15.2. The molecule has 13 rings (SSSR count). The molecule has 8 aromatic carbocycles. The Morgan fingerprint density at radius 1 is 0.286 bits per heavy atom. The number of hydrogen-bond donors (Lipinski definition) is 0. The third kappa shape index (κ3) is 4.44. The van der Waals surface area contributed by atoms with E-state index in [1.807, 2.05) is 0 Å². The Balaban J connectivity index is 1.13. The van der Waals surface area contributed by atoms with Gasteiger partial charge in [0, 0.05) is 38.2 Å². The van der Waals surface area contributed by atoms with E-state index in [1.54, 1.807) is 0 Å². The highest BCUT2D eigenvalue weighted by Gasteiger charge is 2.45. The van der Waals surface area contributed by atoms with E-state index in [9.17, 15) is 0 Å². The zero-order valence-corrected chi connectivity index (χ0v) is 38.2. The lowest BCUT2D eigenvalue weighted by Gasteiger charge is -2.33. The molecule has 306 valence electrons. The standard InChI is InChI=1S/C62H53N/c1-34-35(2)42-28-44-37-20-14-17-25-48(37)61(7,8)53(44)32-57(42)63(56-31-52-43(27-41(34)56)36-19-13-16-24-47(36)60(52,5)6)55-33-54-58(40-23-12-11-22-39(40)55)46-30-50-45(29-51(46)62(54,9)10)38-21-15-18-26-49(38)59(50,3)4/h11-33H,1-10H3. The van der Waals surface area contributed by atoms with Crippen LogP contribution in [0.3, 0.4) is 0 Å². The van der Waals surface area contributed by atoms with Crippen LogP contribution in [0.15, 0.2) is 140 Å². The van der Waals surface area contributed by atoms with Crippen molar-refractivity contribution < 1.29 is 0 Å². The van der Waals surface area contributed by atoms with Crippen molar-refractivity contribution >= 4 is 39.0 Å². The van der Waals surface area contributed by atoms with E-state index >= 15 is 0 Å². The summed E-state index contributed by atoms with van der Waals surface area (Å²) >= 11 is 0. The fraction of sp³-hybridized carbons (Fsp3) is 0.226. The van der Waals surface area contributed by atoms with Crippen LogP contribution in [0.2, 0.25) is 0 Å². The molecular formula is C62H53N. The van der Waals surface area contributed by atoms with Gasteiger partial charge in [0.05, 0.1) is 17.1 Å². The van der Waals surface area contributed by atoms with Crippen molar-refractivity contribution in [2.75, 3.05) is 4.90 Å². The Morgan fingerprint density at radius 2 is 0.635 bits per heavy atom. The summed E-state index contributed by atoms with van der Waals surface area (Å²) in [6, 6.07) is 54.5. The normalized spacial score (nSPS) is 17.8. The summed E-state index contributed by atoms with van der Waals surface area (Å²) in [4.78, 5) is 2.70. The van der Waals surface area contributed by atoms with Crippen molar-refractivity contribution in [1.29, 1.82) is 0 Å². The van der Waals surface area contributed by atoms with Crippen molar-refractivity contribution in [3.8, 4) is 44.5 Å². The van der Waals surface area contributed by atoms with Crippen molar-refractivity contribution in [2.24, 2.45) is 0 Å². The van der Waals surface area contributed by atoms with Crippen LogP contribution in [0.4, 0.5) is 17.1 Å². The summed E-state index contributed by atoms with van der Waals surface area (Å²) < 4.78 is 0. The smallest absolute Gasteiger partial charge is 0.0544 e. The van der Waals surface area contributed by atoms with Gasteiger partial charge < -0.3 is 4.90 Å². The summed E-state index contributed by atoms with van der Waals surface area (Å²) in [5.74, 6) is 0. The van der Waals surface area contributed by atoms with Crippen LogP contribution in [0.5, 0.6) is 0 Å². The maximum absolute atomic E-state index is 2.70. The molecule has 1 nitrogen and oxygen atoms in total. The van der Waals surface area contributed by atoms with Gasteiger partial charge in [-0.05, 0) is 162 Å². The average molecular weight is 812 g/mol. The number of anilines is 3. The van der Waals surface area contributed by atoms with Crippen LogP contribution in [0.1, 0.15) is 125 Å². The molecule has 0 radical (unpaired) electrons. The van der Waals surface area contributed by atoms with Gasteiger partial charge in [0.15, 0.2) is 0 Å². The molecule has 1 aliphatic heterocycles. The van der Waals surface area contributed by atoms with Gasteiger partial charge in [0.25, 0.3) is 0 Å². The van der Waals surface area contributed by atoms with Gasteiger partial charge in [-0.1, -0.05) is 152 Å². The van der Waals surface area contributed by atoms with Gasteiger partial charge >= 0.3 is 0 Å². The van der Waals surface area contributed by atoms with Gasteiger partial charge in [0.1, 0.15) is 0 Å². The minimum Gasteiger partial charge on any atom is -0.309 e. The summed E-state index contributed by atoms with van der Waals surface area (Å²) in [7, 11) is 0. The zero-order valence-electron chi connectivity index (χ0n) is 38.2. The van der Waals surface area contributed by atoms with Gasteiger partial charge in [-0.15, -0.1) is 0 Å². The second-order valence-electron chi connectivity index (χ2n) is 21.4. The monoisotopic (exact) mass is 811 g/mol. The minimum absolute atomic E-state index is 0.0762. The zero-order chi connectivity index (χ0) is 43.3. The van der Waals surface area contributed by atoms with Crippen LogP contribution in [0, 0.1) is 0 Å². The fourth-order valence-corrected chi connectivity index (χ4v) is 13.2. The largest absolute Gasteiger partial charge is 0.309 e. The van der Waals surface area contributed by atoms with Crippen molar-refractivity contribution in [1.82, 2.24) is 0 Å². The third-order valence-corrected chi connectivity index (χ3v) is 16.9. The second-order valence-corrected chi connectivity index (χ2v) is 21.4. The van der Waals surface area contributed by atoms with E-state index in [0.717, 1.165) is 0 Å². The first-order chi connectivity index (χ1) is 30.1. The van der Waals surface area contributed by atoms with Crippen LogP contribution in [-0.2, 0) is 21.7 Å². The minimum atomic E-state index is -0.231. The first-order valence-electron chi connectivity index (χ1n) is 23.0. The summed E-state index contributed by atoms with van der Waals surface area (Å²) in [6.45, 7) is 24.2. The fourth-order valence-electron chi connectivity index (χ4n) is 13.2. The van der Waals surface area contributed by atoms with E-state index < -0.39 is 0 Å². The van der Waals surface area contributed by atoms with E-state index in [2.05, 4.69) is 214 Å². The SMILES string of the molecule is CC1=C(C)c2cc3c(cc2N(c2cc4c(c5ccccc25)-c2cc5c(cc2C4(C)C)-c2ccccc2C5(C)C)c2cc4c(cc21)-c1ccccc1C4(C)C)C(C)(C)c1ccccc1-3. The Labute approximate surface area is 372 Å². The maximum atomic E-state index is 2.70. The maximum Gasteiger partial charge on any atom is 0.0544 e. The van der Waals surface area contributed by atoms with Gasteiger partial charge in [-0.2, -0.15) is 0 Å². The van der Waals surface area contributed by atoms with Crippen molar-refractivity contribution in [3.63, 3.8) is 0 Å². The molecule has 1 heterocycles. The van der Waals surface area contributed by atoms with Crippen LogP contribution in [-0.4, -0.2) is 0 Å². The number of benzene rings is 8. The highest BCUT2D eigenvalue weighted by Crippen LogP contribution is 2.62. The molecule has 0 saturated heterocycles. The molecule has 8 aromatic rings. The molecular weight excluding hydrogens is 759 g/mol. The van der Waals surface area contributed by atoms with E-state index in [4.69, 9.17) is 0 Å². The summed E-state index contributed by atoms with van der Waals surface area (Å²) in [6.07, 6.45) is 0. The molecule has 0 amide bonds. The molecule has 0 spiro atoms. The number of hydrogen-bond acceptors (Lipinski definition) is 1. The second kappa shape index (κ2) is 11.8. The molecule has 0 unspecified atom stereocenters. The predicted octanol–water partition coefficient (Wildman–Crippen LogP) is 16.8. The van der Waals surface area contributed by atoms with E-state index in [0.29, 0.717) is 0 Å². The van der Waals surface area contributed by atoms with E-state index in [1.165, 1.54) is 139 Å². The Hall–Kier alpha value is -6.44. The highest BCUT2D eigenvalue weighted by molar-refractivity contribution is 6.14. The third-order valence-electron chi connectivity index (χ3n) is 16.9. The molecule has 0 fully saturated rings.